The summed E-state index contributed by atoms with van der Waals surface area (Å²) in [4.78, 5) is 29.0. The van der Waals surface area contributed by atoms with Gasteiger partial charge in [0.1, 0.15) is 6.10 Å². The smallest absolute Gasteiger partial charge is 0.321 e. The van der Waals surface area contributed by atoms with Crippen molar-refractivity contribution in [3.8, 4) is 0 Å². The van der Waals surface area contributed by atoms with Crippen molar-refractivity contribution >= 4 is 17.6 Å². The van der Waals surface area contributed by atoms with E-state index in [2.05, 4.69) is 5.32 Å². The molecule has 0 aliphatic carbocycles. The predicted octanol–water partition coefficient (Wildman–Crippen LogP) is 3.16. The first-order chi connectivity index (χ1) is 13.0. The van der Waals surface area contributed by atoms with E-state index in [4.69, 9.17) is 4.74 Å². The second kappa shape index (κ2) is 7.50. The van der Waals surface area contributed by atoms with Crippen LogP contribution in [-0.4, -0.2) is 59.6 Å². The van der Waals surface area contributed by atoms with Gasteiger partial charge in [0.05, 0.1) is 5.60 Å². The molecule has 6 heteroatoms. The van der Waals surface area contributed by atoms with Gasteiger partial charge in [0, 0.05) is 31.9 Å². The molecule has 1 aromatic rings. The molecule has 1 N–H and O–H groups in total. The van der Waals surface area contributed by atoms with Gasteiger partial charge in [-0.2, -0.15) is 0 Å². The molecule has 146 valence electrons. The lowest BCUT2D eigenvalue weighted by Crippen LogP contribution is -2.48. The van der Waals surface area contributed by atoms with Crippen molar-refractivity contribution < 1.29 is 14.3 Å². The van der Waals surface area contributed by atoms with E-state index in [1.54, 1.807) is 0 Å². The number of piperidine rings is 1. The zero-order valence-corrected chi connectivity index (χ0v) is 16.1. The van der Waals surface area contributed by atoms with Gasteiger partial charge < -0.3 is 19.9 Å². The Morgan fingerprint density at radius 3 is 2.52 bits per heavy atom. The number of urea groups is 1. The van der Waals surface area contributed by atoms with Gasteiger partial charge in [-0.3, -0.25) is 4.79 Å². The minimum atomic E-state index is -0.282. The maximum absolute atomic E-state index is 12.6. The molecule has 3 aliphatic rings. The lowest BCUT2D eigenvalue weighted by atomic mass is 9.88. The molecule has 1 aromatic carbocycles. The number of carbonyl (C=O) groups is 2. The molecule has 0 radical (unpaired) electrons. The minimum Gasteiger partial charge on any atom is -0.362 e. The number of hydrogen-bond donors (Lipinski definition) is 1. The minimum absolute atomic E-state index is 0.0573. The molecule has 3 amide bonds. The Labute approximate surface area is 160 Å². The topological polar surface area (TPSA) is 61.9 Å². The van der Waals surface area contributed by atoms with Crippen LogP contribution in [0.5, 0.6) is 0 Å². The van der Waals surface area contributed by atoms with Gasteiger partial charge in [0.25, 0.3) is 5.91 Å². The molecule has 3 saturated heterocycles. The number of likely N-dealkylation sites (tertiary alicyclic amines) is 2. The molecule has 1 atom stereocenters. The summed E-state index contributed by atoms with van der Waals surface area (Å²) in [5, 5.41) is 2.98. The molecule has 0 aromatic heterocycles. The number of anilines is 1. The highest BCUT2D eigenvalue weighted by Gasteiger charge is 2.46. The summed E-state index contributed by atoms with van der Waals surface area (Å²) in [7, 11) is 0. The maximum Gasteiger partial charge on any atom is 0.321 e. The van der Waals surface area contributed by atoms with E-state index in [0.717, 1.165) is 62.9 Å². The number of benzene rings is 1. The van der Waals surface area contributed by atoms with Gasteiger partial charge in [0.15, 0.2) is 0 Å². The van der Waals surface area contributed by atoms with Crippen LogP contribution in [0.2, 0.25) is 0 Å². The second-order valence-electron chi connectivity index (χ2n) is 8.15. The van der Waals surface area contributed by atoms with Crippen molar-refractivity contribution in [1.82, 2.24) is 9.80 Å². The van der Waals surface area contributed by atoms with E-state index < -0.39 is 0 Å². The first-order valence-electron chi connectivity index (χ1n) is 10.1. The number of nitrogens with one attached hydrogen (secondary N) is 1. The number of aryl methyl sites for hydroxylation is 1. The fourth-order valence-corrected chi connectivity index (χ4v) is 4.54. The number of rotatable bonds is 2. The summed E-state index contributed by atoms with van der Waals surface area (Å²) in [6.45, 7) is 5.10. The third-order valence-electron chi connectivity index (χ3n) is 6.18. The van der Waals surface area contributed by atoms with E-state index in [1.807, 2.05) is 41.0 Å². The Bertz CT molecular complexity index is 706. The largest absolute Gasteiger partial charge is 0.362 e. The van der Waals surface area contributed by atoms with Gasteiger partial charge in [-0.25, -0.2) is 4.79 Å². The molecule has 0 saturated carbocycles. The first kappa shape index (κ1) is 18.3. The van der Waals surface area contributed by atoms with Crippen LogP contribution in [-0.2, 0) is 9.53 Å². The highest BCUT2D eigenvalue weighted by atomic mass is 16.5. The Hall–Kier alpha value is -2.08. The van der Waals surface area contributed by atoms with Gasteiger partial charge in [0.2, 0.25) is 0 Å². The molecule has 4 rings (SSSR count). The third kappa shape index (κ3) is 3.95. The molecule has 1 spiro atoms. The van der Waals surface area contributed by atoms with E-state index in [0.29, 0.717) is 13.1 Å². The van der Waals surface area contributed by atoms with E-state index in [9.17, 15) is 9.59 Å². The van der Waals surface area contributed by atoms with Crippen LogP contribution in [0.3, 0.4) is 0 Å². The number of carbonyl (C=O) groups excluding carboxylic acids is 2. The average molecular weight is 371 g/mol. The summed E-state index contributed by atoms with van der Waals surface area (Å²) in [6, 6.07) is 7.78. The van der Waals surface area contributed by atoms with Crippen LogP contribution in [0.25, 0.3) is 0 Å². The van der Waals surface area contributed by atoms with Crippen LogP contribution < -0.4 is 5.32 Å². The van der Waals surface area contributed by atoms with Crippen LogP contribution in [0.1, 0.15) is 44.1 Å². The molecule has 3 heterocycles. The van der Waals surface area contributed by atoms with E-state index in [1.165, 1.54) is 0 Å². The first-order valence-corrected chi connectivity index (χ1v) is 10.1. The summed E-state index contributed by atoms with van der Waals surface area (Å²) >= 11 is 0. The summed E-state index contributed by atoms with van der Waals surface area (Å²) in [6.07, 6.45) is 5.27. The Morgan fingerprint density at radius 2 is 1.81 bits per heavy atom. The summed E-state index contributed by atoms with van der Waals surface area (Å²) < 4.78 is 6.28. The molecule has 27 heavy (non-hydrogen) atoms. The maximum atomic E-state index is 12.6. The fraction of sp³-hybridized carbons (Fsp3) is 0.619. The number of ether oxygens (including phenoxy) is 1. The van der Waals surface area contributed by atoms with Crippen molar-refractivity contribution in [3.05, 3.63) is 29.8 Å². The Kier molecular flexibility index (Phi) is 5.08. The quantitative estimate of drug-likeness (QED) is 0.869. The lowest BCUT2D eigenvalue weighted by molar-refractivity contribution is -0.149. The van der Waals surface area contributed by atoms with Crippen LogP contribution in [0, 0.1) is 6.92 Å². The number of hydrogen-bond acceptors (Lipinski definition) is 3. The normalized spacial score (nSPS) is 24.4. The van der Waals surface area contributed by atoms with Crippen molar-refractivity contribution in [3.63, 3.8) is 0 Å². The lowest BCUT2D eigenvalue weighted by Gasteiger charge is -2.39. The van der Waals surface area contributed by atoms with E-state index >= 15 is 0 Å². The predicted molar refractivity (Wildman–Crippen MR) is 104 cm³/mol. The fourth-order valence-electron chi connectivity index (χ4n) is 4.54. The monoisotopic (exact) mass is 371 g/mol. The van der Waals surface area contributed by atoms with Crippen molar-refractivity contribution in [2.24, 2.45) is 0 Å². The van der Waals surface area contributed by atoms with Gasteiger partial charge in [-0.15, -0.1) is 0 Å². The average Bonchev–Trinajstić information content (AvgIpc) is 3.32. The molecule has 0 bridgehead atoms. The highest BCUT2D eigenvalue weighted by Crippen LogP contribution is 2.39. The molecule has 3 fully saturated rings. The Morgan fingerprint density at radius 1 is 1.07 bits per heavy atom. The molecule has 6 nitrogen and oxygen atoms in total. The van der Waals surface area contributed by atoms with Gasteiger partial charge in [-0.1, -0.05) is 12.1 Å². The van der Waals surface area contributed by atoms with Crippen LogP contribution >= 0.6 is 0 Å². The van der Waals surface area contributed by atoms with E-state index in [-0.39, 0.29) is 23.6 Å². The van der Waals surface area contributed by atoms with Crippen LogP contribution in [0.4, 0.5) is 10.5 Å². The zero-order valence-electron chi connectivity index (χ0n) is 16.1. The standard InChI is InChI=1S/C21H29N3O3/c1-16-5-4-6-17(15-16)22-20(26)24-13-9-21(10-14-24)8-7-18(27-21)19(25)23-11-2-3-12-23/h4-6,15,18H,2-3,7-14H2,1H3,(H,22,26). The molecular formula is C21H29N3O3. The van der Waals surface area contributed by atoms with Crippen LogP contribution in [0.15, 0.2) is 24.3 Å². The molecule has 1 unspecified atom stereocenters. The molecular weight excluding hydrogens is 342 g/mol. The zero-order chi connectivity index (χ0) is 18.9. The van der Waals surface area contributed by atoms with Crippen molar-refractivity contribution in [1.29, 1.82) is 0 Å². The SMILES string of the molecule is Cc1cccc(NC(=O)N2CCC3(CCC(C(=O)N4CCCC4)O3)CC2)c1. The second-order valence-corrected chi connectivity index (χ2v) is 8.15. The third-order valence-corrected chi connectivity index (χ3v) is 6.18. The van der Waals surface area contributed by atoms with Gasteiger partial charge in [-0.05, 0) is 63.1 Å². The van der Waals surface area contributed by atoms with Gasteiger partial charge >= 0.3 is 6.03 Å². The van der Waals surface area contributed by atoms with Crippen molar-refractivity contribution in [2.45, 2.75) is 57.2 Å². The summed E-state index contributed by atoms with van der Waals surface area (Å²) in [5.41, 5.74) is 1.73. The number of nitrogens with zero attached hydrogens (tertiary/aromatic N) is 2. The number of amides is 3. The summed E-state index contributed by atoms with van der Waals surface area (Å²) in [5.74, 6) is 0.170. The highest BCUT2D eigenvalue weighted by molar-refractivity contribution is 5.89. The Balaban J connectivity index is 1.29. The van der Waals surface area contributed by atoms with Crippen molar-refractivity contribution in [2.75, 3.05) is 31.5 Å². The molecule has 3 aliphatic heterocycles.